The lowest BCUT2D eigenvalue weighted by molar-refractivity contribution is -0.136. The maximum absolute atomic E-state index is 12.2. The van der Waals surface area contributed by atoms with E-state index in [4.69, 9.17) is 14.2 Å². The molecule has 3 aromatic rings. The second kappa shape index (κ2) is 9.94. The number of aryl methyl sites for hydroxylation is 1. The molecule has 3 rings (SSSR count). The second-order valence-corrected chi connectivity index (χ2v) is 6.53. The minimum Gasteiger partial charge on any atom is -0.493 e. The van der Waals surface area contributed by atoms with Crippen molar-refractivity contribution < 1.29 is 19.0 Å². The molecule has 30 heavy (non-hydrogen) atoms. The van der Waals surface area contributed by atoms with Gasteiger partial charge in [-0.3, -0.25) is 0 Å². The van der Waals surface area contributed by atoms with Gasteiger partial charge in [0.2, 0.25) is 0 Å². The number of benzene rings is 3. The minimum atomic E-state index is -0.542. The first kappa shape index (κ1) is 20.7. The van der Waals surface area contributed by atoms with Crippen LogP contribution in [0, 0.1) is 18.3 Å². The van der Waals surface area contributed by atoms with Gasteiger partial charge in [0.25, 0.3) is 0 Å². The van der Waals surface area contributed by atoms with Crippen LogP contribution in [0.1, 0.15) is 16.7 Å². The standard InChI is InChI=1S/C25H21NO4/c1-18-7-6-10-22(13-18)29-17-25(27)30-23-12-11-19(15-24(23)28-2)14-21(16-26)20-8-4-3-5-9-20/h3-15H,17H2,1-2H3/b21-14+. The Kier molecular flexibility index (Phi) is 6.86. The molecule has 0 saturated heterocycles. The Balaban J connectivity index is 1.71. The Morgan fingerprint density at radius 1 is 1.00 bits per heavy atom. The van der Waals surface area contributed by atoms with Crippen LogP contribution in [0.2, 0.25) is 0 Å². The van der Waals surface area contributed by atoms with E-state index in [9.17, 15) is 10.1 Å². The summed E-state index contributed by atoms with van der Waals surface area (Å²) in [5, 5.41) is 9.48. The number of carbonyl (C=O) groups is 1. The first-order valence-electron chi connectivity index (χ1n) is 9.34. The molecular weight excluding hydrogens is 378 g/mol. The molecule has 3 aromatic carbocycles. The quantitative estimate of drug-likeness (QED) is 0.241. The summed E-state index contributed by atoms with van der Waals surface area (Å²) in [5.41, 5.74) is 3.14. The smallest absolute Gasteiger partial charge is 0.349 e. The van der Waals surface area contributed by atoms with Gasteiger partial charge < -0.3 is 14.2 Å². The fraction of sp³-hybridized carbons (Fsp3) is 0.120. The Morgan fingerprint density at radius 3 is 2.50 bits per heavy atom. The molecule has 0 aromatic heterocycles. The third-order valence-corrected chi connectivity index (χ3v) is 4.27. The van der Waals surface area contributed by atoms with E-state index in [0.717, 1.165) is 16.7 Å². The van der Waals surface area contributed by atoms with Crippen LogP contribution >= 0.6 is 0 Å². The van der Waals surface area contributed by atoms with Crippen LogP contribution in [-0.2, 0) is 4.79 Å². The Bertz CT molecular complexity index is 1100. The van der Waals surface area contributed by atoms with Crippen molar-refractivity contribution in [3.8, 4) is 23.3 Å². The lowest BCUT2D eigenvalue weighted by atomic mass is 10.0. The normalized spacial score (nSPS) is 10.8. The number of hydrogen-bond acceptors (Lipinski definition) is 5. The highest BCUT2D eigenvalue weighted by molar-refractivity contribution is 5.89. The van der Waals surface area contributed by atoms with Crippen molar-refractivity contribution in [3.63, 3.8) is 0 Å². The first-order chi connectivity index (χ1) is 14.6. The van der Waals surface area contributed by atoms with E-state index >= 15 is 0 Å². The lowest BCUT2D eigenvalue weighted by Crippen LogP contribution is -2.18. The van der Waals surface area contributed by atoms with E-state index in [1.165, 1.54) is 7.11 Å². The van der Waals surface area contributed by atoms with Crippen LogP contribution in [0.3, 0.4) is 0 Å². The van der Waals surface area contributed by atoms with Crippen molar-refractivity contribution in [2.24, 2.45) is 0 Å². The Labute approximate surface area is 175 Å². The summed E-state index contributed by atoms with van der Waals surface area (Å²) in [5.74, 6) is 0.730. The van der Waals surface area contributed by atoms with Crippen LogP contribution in [-0.4, -0.2) is 19.7 Å². The van der Waals surface area contributed by atoms with Gasteiger partial charge in [-0.1, -0.05) is 48.5 Å². The van der Waals surface area contributed by atoms with E-state index in [1.54, 1.807) is 30.3 Å². The van der Waals surface area contributed by atoms with E-state index < -0.39 is 5.97 Å². The zero-order valence-electron chi connectivity index (χ0n) is 16.8. The number of rotatable bonds is 7. The van der Waals surface area contributed by atoms with Crippen molar-refractivity contribution in [3.05, 3.63) is 89.5 Å². The third kappa shape index (κ3) is 5.49. The number of methoxy groups -OCH3 is 1. The molecule has 0 atom stereocenters. The maximum atomic E-state index is 12.2. The van der Waals surface area contributed by atoms with Gasteiger partial charge in [0.15, 0.2) is 18.1 Å². The van der Waals surface area contributed by atoms with E-state index in [0.29, 0.717) is 17.1 Å². The van der Waals surface area contributed by atoms with Crippen LogP contribution in [0.5, 0.6) is 17.2 Å². The second-order valence-electron chi connectivity index (χ2n) is 6.53. The number of ether oxygens (including phenoxy) is 3. The minimum absolute atomic E-state index is 0.221. The Morgan fingerprint density at radius 2 is 1.80 bits per heavy atom. The molecule has 0 amide bonds. The number of carbonyl (C=O) groups excluding carboxylic acids is 1. The van der Waals surface area contributed by atoms with Gasteiger partial charge in [0.05, 0.1) is 18.8 Å². The molecule has 0 aliphatic rings. The van der Waals surface area contributed by atoms with Crippen molar-refractivity contribution in [2.45, 2.75) is 6.92 Å². The molecule has 0 heterocycles. The topological polar surface area (TPSA) is 68.5 Å². The van der Waals surface area contributed by atoms with Crippen molar-refractivity contribution in [2.75, 3.05) is 13.7 Å². The average molecular weight is 399 g/mol. The molecule has 0 fully saturated rings. The molecule has 5 heteroatoms. The molecule has 150 valence electrons. The number of esters is 1. The monoisotopic (exact) mass is 399 g/mol. The van der Waals surface area contributed by atoms with Gasteiger partial charge in [-0.2, -0.15) is 5.26 Å². The highest BCUT2D eigenvalue weighted by Crippen LogP contribution is 2.30. The van der Waals surface area contributed by atoms with Gasteiger partial charge in [-0.25, -0.2) is 4.79 Å². The number of hydrogen-bond donors (Lipinski definition) is 0. The van der Waals surface area contributed by atoms with Crippen LogP contribution in [0.15, 0.2) is 72.8 Å². The van der Waals surface area contributed by atoms with Crippen LogP contribution in [0.4, 0.5) is 0 Å². The Hall–Kier alpha value is -4.04. The van der Waals surface area contributed by atoms with Crippen molar-refractivity contribution in [1.29, 1.82) is 5.26 Å². The first-order valence-corrected chi connectivity index (χ1v) is 9.34. The summed E-state index contributed by atoms with van der Waals surface area (Å²) in [6, 6.07) is 24.1. The molecule has 0 aliphatic carbocycles. The fourth-order valence-corrected chi connectivity index (χ4v) is 2.82. The van der Waals surface area contributed by atoms with Gasteiger partial charge in [0, 0.05) is 0 Å². The van der Waals surface area contributed by atoms with Gasteiger partial charge in [-0.15, -0.1) is 0 Å². The molecule has 0 bridgehead atoms. The molecule has 0 N–H and O–H groups in total. The van der Waals surface area contributed by atoms with Gasteiger partial charge >= 0.3 is 5.97 Å². The summed E-state index contributed by atoms with van der Waals surface area (Å²) in [6.45, 7) is 1.72. The average Bonchev–Trinajstić information content (AvgIpc) is 2.77. The fourth-order valence-electron chi connectivity index (χ4n) is 2.82. The van der Waals surface area contributed by atoms with Gasteiger partial charge in [0.1, 0.15) is 5.75 Å². The highest BCUT2D eigenvalue weighted by atomic mass is 16.6. The summed E-state index contributed by atoms with van der Waals surface area (Å²) < 4.78 is 16.2. The maximum Gasteiger partial charge on any atom is 0.349 e. The van der Waals surface area contributed by atoms with E-state index in [2.05, 4.69) is 6.07 Å². The lowest BCUT2D eigenvalue weighted by Gasteiger charge is -2.11. The third-order valence-electron chi connectivity index (χ3n) is 4.27. The summed E-state index contributed by atoms with van der Waals surface area (Å²) in [6.07, 6.45) is 1.75. The van der Waals surface area contributed by atoms with E-state index in [-0.39, 0.29) is 12.4 Å². The number of allylic oxidation sites excluding steroid dienone is 1. The predicted molar refractivity (Wildman–Crippen MR) is 115 cm³/mol. The predicted octanol–water partition coefficient (Wildman–Crippen LogP) is 5.05. The molecule has 0 radical (unpaired) electrons. The SMILES string of the molecule is COc1cc(/C=C(\C#N)c2ccccc2)ccc1OC(=O)COc1cccc(C)c1. The van der Waals surface area contributed by atoms with E-state index in [1.807, 2.05) is 55.5 Å². The largest absolute Gasteiger partial charge is 0.493 e. The molecular formula is C25H21NO4. The van der Waals surface area contributed by atoms with Crippen molar-refractivity contribution in [1.82, 2.24) is 0 Å². The van der Waals surface area contributed by atoms with Crippen LogP contribution in [0.25, 0.3) is 11.6 Å². The van der Waals surface area contributed by atoms with Crippen LogP contribution < -0.4 is 14.2 Å². The molecule has 0 saturated carbocycles. The zero-order chi connectivity index (χ0) is 21.3. The summed E-state index contributed by atoms with van der Waals surface area (Å²) in [4.78, 5) is 12.2. The zero-order valence-corrected chi connectivity index (χ0v) is 16.8. The van der Waals surface area contributed by atoms with Crippen molar-refractivity contribution >= 4 is 17.6 Å². The molecule has 0 spiro atoms. The number of nitriles is 1. The molecule has 5 nitrogen and oxygen atoms in total. The highest BCUT2D eigenvalue weighted by Gasteiger charge is 2.12. The summed E-state index contributed by atoms with van der Waals surface area (Å²) in [7, 11) is 1.49. The number of nitrogens with zero attached hydrogens (tertiary/aromatic N) is 1. The molecule has 0 unspecified atom stereocenters. The summed E-state index contributed by atoms with van der Waals surface area (Å²) >= 11 is 0. The molecule has 0 aliphatic heterocycles. The van der Waals surface area contributed by atoms with Gasteiger partial charge in [-0.05, 0) is 54.0 Å².